The van der Waals surface area contributed by atoms with Crippen LogP contribution in [0.5, 0.6) is 0 Å². The molecular formula is C25H20N2. The van der Waals surface area contributed by atoms with Crippen molar-refractivity contribution in [2.24, 2.45) is 0 Å². The molecule has 130 valence electrons. The quantitative estimate of drug-likeness (QED) is 0.295. The van der Waals surface area contributed by atoms with Crippen LogP contribution in [0.4, 0.5) is 0 Å². The Labute approximate surface area is 158 Å². The summed E-state index contributed by atoms with van der Waals surface area (Å²) in [6, 6.07) is 29.9. The molecule has 2 heteroatoms. The van der Waals surface area contributed by atoms with Crippen LogP contribution in [0.25, 0.3) is 32.9 Å². The van der Waals surface area contributed by atoms with Crippen LogP contribution in [0, 0.1) is 20.2 Å². The van der Waals surface area contributed by atoms with Gasteiger partial charge in [0.15, 0.2) is 0 Å². The van der Waals surface area contributed by atoms with E-state index in [4.69, 9.17) is 0 Å². The molecule has 0 saturated heterocycles. The number of nitrogens with zero attached hydrogens (tertiary/aromatic N) is 2. The van der Waals surface area contributed by atoms with Gasteiger partial charge in [0.1, 0.15) is 0 Å². The molecule has 2 nitrogen and oxygen atoms in total. The van der Waals surface area contributed by atoms with Gasteiger partial charge in [0.05, 0.1) is 22.8 Å². The lowest BCUT2D eigenvalue weighted by Gasteiger charge is -2.08. The highest BCUT2D eigenvalue weighted by atomic mass is 15.1. The van der Waals surface area contributed by atoms with E-state index in [1.807, 2.05) is 0 Å². The summed E-state index contributed by atoms with van der Waals surface area (Å²) in [6.07, 6.45) is 3.60. The normalized spacial score (nSPS) is 11.3. The minimum absolute atomic E-state index is 1.16. The zero-order valence-corrected chi connectivity index (χ0v) is 15.5. The molecule has 0 fully saturated rings. The van der Waals surface area contributed by atoms with E-state index in [1.165, 1.54) is 32.9 Å². The van der Waals surface area contributed by atoms with Gasteiger partial charge < -0.3 is 0 Å². The number of imidazole rings is 1. The standard InChI is InChI=1S/C25H20N2/c1-18-19(2)27(25-16-8-12-21-10-4-6-14-23(21)25)17-26(18)24-15-7-11-20-9-3-5-13-22(20)24/h3-16H,1-2H3. The first-order valence-corrected chi connectivity index (χ1v) is 9.23. The van der Waals surface area contributed by atoms with E-state index < -0.39 is 0 Å². The lowest BCUT2D eigenvalue weighted by molar-refractivity contribution is -0.604. The van der Waals surface area contributed by atoms with E-state index in [9.17, 15) is 0 Å². The average molecular weight is 348 g/mol. The van der Waals surface area contributed by atoms with Gasteiger partial charge in [-0.1, -0.05) is 72.8 Å². The molecule has 0 radical (unpaired) electrons. The van der Waals surface area contributed by atoms with Gasteiger partial charge in [-0.2, -0.15) is 0 Å². The Bertz CT molecular complexity index is 1180. The largest absolute Gasteiger partial charge is 0.295 e. The third-order valence-corrected chi connectivity index (χ3v) is 5.41. The fourth-order valence-electron chi connectivity index (χ4n) is 3.85. The summed E-state index contributed by atoms with van der Waals surface area (Å²) in [5, 5.41) is 4.95. The minimum atomic E-state index is 1.16. The van der Waals surface area contributed by atoms with Crippen molar-refractivity contribution in [1.29, 1.82) is 0 Å². The molecule has 0 spiro atoms. The summed E-state index contributed by atoms with van der Waals surface area (Å²) in [6.45, 7) is 4.32. The van der Waals surface area contributed by atoms with Gasteiger partial charge in [0.2, 0.25) is 0 Å². The molecule has 0 unspecified atom stereocenters. The predicted molar refractivity (Wildman–Crippen MR) is 111 cm³/mol. The van der Waals surface area contributed by atoms with Crippen molar-refractivity contribution in [3.63, 3.8) is 0 Å². The van der Waals surface area contributed by atoms with Gasteiger partial charge in [0.25, 0.3) is 6.33 Å². The Hall–Kier alpha value is -3.39. The van der Waals surface area contributed by atoms with Crippen molar-refractivity contribution in [3.05, 3.63) is 103 Å². The Balaban J connectivity index is 1.78. The summed E-state index contributed by atoms with van der Waals surface area (Å²) < 4.78 is 4.36. The molecule has 5 rings (SSSR count). The summed E-state index contributed by atoms with van der Waals surface area (Å²) in [5.74, 6) is 0. The number of benzene rings is 4. The van der Waals surface area contributed by atoms with Crippen molar-refractivity contribution >= 4 is 21.5 Å². The second-order valence-corrected chi connectivity index (χ2v) is 6.94. The van der Waals surface area contributed by atoms with Crippen molar-refractivity contribution < 1.29 is 4.57 Å². The summed E-state index contributed by atoms with van der Waals surface area (Å²) >= 11 is 0. The van der Waals surface area contributed by atoms with Gasteiger partial charge in [-0.25, -0.2) is 0 Å². The average Bonchev–Trinajstić information content (AvgIpc) is 3.02. The van der Waals surface area contributed by atoms with Gasteiger partial charge in [-0.15, -0.1) is 0 Å². The molecule has 0 amide bonds. The van der Waals surface area contributed by atoms with Crippen LogP contribution in [0.3, 0.4) is 0 Å². The first-order chi connectivity index (χ1) is 13.2. The zero-order chi connectivity index (χ0) is 18.4. The smallest absolute Gasteiger partial charge is 0.269 e. The maximum Gasteiger partial charge on any atom is 0.269 e. The number of aromatic nitrogens is 2. The summed E-state index contributed by atoms with van der Waals surface area (Å²) in [5.41, 5.74) is 4.71. The van der Waals surface area contributed by atoms with Gasteiger partial charge in [-0.05, 0) is 47.5 Å². The molecule has 0 aliphatic rings. The fraction of sp³-hybridized carbons (Fsp3) is 0.0800. The molecule has 0 aliphatic carbocycles. The van der Waals surface area contributed by atoms with Gasteiger partial charge in [-0.3, -0.25) is 9.13 Å². The van der Waals surface area contributed by atoms with Crippen LogP contribution in [0.2, 0.25) is 0 Å². The van der Waals surface area contributed by atoms with Crippen molar-refractivity contribution in [3.8, 4) is 11.4 Å². The summed E-state index contributed by atoms with van der Waals surface area (Å²) in [4.78, 5) is 0. The SMILES string of the molecule is Cc1c(C)[n+](-c2cccc3ccccc23)[c-]n1-c1cccc2ccccc12. The molecule has 4 aromatic carbocycles. The Morgan fingerprint density at radius 1 is 0.667 bits per heavy atom. The molecule has 0 N–H and O–H groups in total. The lowest BCUT2D eigenvalue weighted by atomic mass is 10.1. The number of rotatable bonds is 2. The maximum atomic E-state index is 3.60. The molecule has 5 aromatic rings. The predicted octanol–water partition coefficient (Wildman–Crippen LogP) is 5.48. The van der Waals surface area contributed by atoms with E-state index in [1.54, 1.807) is 0 Å². The highest BCUT2D eigenvalue weighted by Crippen LogP contribution is 2.25. The lowest BCUT2D eigenvalue weighted by Crippen LogP contribution is -2.32. The third kappa shape index (κ3) is 2.45. The Kier molecular flexibility index (Phi) is 3.58. The van der Waals surface area contributed by atoms with Crippen LogP contribution in [-0.2, 0) is 0 Å². The fourth-order valence-corrected chi connectivity index (χ4v) is 3.85. The second-order valence-electron chi connectivity index (χ2n) is 6.94. The maximum absolute atomic E-state index is 3.60. The van der Waals surface area contributed by atoms with Crippen LogP contribution >= 0.6 is 0 Å². The van der Waals surface area contributed by atoms with Crippen LogP contribution in [0.15, 0.2) is 84.9 Å². The number of fused-ring (bicyclic) bond motifs is 2. The topological polar surface area (TPSA) is 8.81 Å². The molecule has 0 saturated carbocycles. The number of hydrogen-bond donors (Lipinski definition) is 0. The van der Waals surface area contributed by atoms with Crippen molar-refractivity contribution in [2.45, 2.75) is 13.8 Å². The van der Waals surface area contributed by atoms with E-state index >= 15 is 0 Å². The molecule has 1 aromatic heterocycles. The molecule has 1 heterocycles. The van der Waals surface area contributed by atoms with E-state index in [2.05, 4.69) is 114 Å². The molecular weight excluding hydrogens is 328 g/mol. The Morgan fingerprint density at radius 2 is 1.26 bits per heavy atom. The summed E-state index contributed by atoms with van der Waals surface area (Å²) in [7, 11) is 0. The minimum Gasteiger partial charge on any atom is -0.295 e. The molecule has 27 heavy (non-hydrogen) atoms. The van der Waals surface area contributed by atoms with E-state index in [0.717, 1.165) is 11.4 Å². The number of hydrogen-bond acceptors (Lipinski definition) is 0. The highest BCUT2D eigenvalue weighted by Gasteiger charge is 2.15. The first-order valence-electron chi connectivity index (χ1n) is 9.23. The zero-order valence-electron chi connectivity index (χ0n) is 15.5. The first kappa shape index (κ1) is 15.8. The second kappa shape index (κ2) is 6.10. The van der Waals surface area contributed by atoms with Crippen LogP contribution in [-0.4, -0.2) is 4.57 Å². The highest BCUT2D eigenvalue weighted by molar-refractivity contribution is 5.90. The molecule has 0 bridgehead atoms. The molecule has 0 atom stereocenters. The van der Waals surface area contributed by atoms with E-state index in [0.29, 0.717) is 0 Å². The van der Waals surface area contributed by atoms with Gasteiger partial charge in [0, 0.05) is 0 Å². The molecule has 0 aliphatic heterocycles. The Morgan fingerprint density at radius 3 is 2.04 bits per heavy atom. The van der Waals surface area contributed by atoms with E-state index in [-0.39, 0.29) is 0 Å². The van der Waals surface area contributed by atoms with Gasteiger partial charge >= 0.3 is 0 Å². The third-order valence-electron chi connectivity index (χ3n) is 5.41. The monoisotopic (exact) mass is 348 g/mol. The van der Waals surface area contributed by atoms with Crippen LogP contribution in [0.1, 0.15) is 11.4 Å². The van der Waals surface area contributed by atoms with Crippen LogP contribution < -0.4 is 4.57 Å². The van der Waals surface area contributed by atoms with Crippen molar-refractivity contribution in [2.75, 3.05) is 0 Å². The van der Waals surface area contributed by atoms with Crippen molar-refractivity contribution in [1.82, 2.24) is 4.57 Å².